The number of phenols is 1. The number of carbonyl (C=O) groups excluding carboxylic acids is 3. The Kier molecular flexibility index (Phi) is 7.41. The summed E-state index contributed by atoms with van der Waals surface area (Å²) in [4.78, 5) is 41.9. The van der Waals surface area contributed by atoms with Gasteiger partial charge in [0.15, 0.2) is 11.4 Å². The van der Waals surface area contributed by atoms with Gasteiger partial charge in [0.2, 0.25) is 5.78 Å². The maximum absolute atomic E-state index is 14.5. The van der Waals surface area contributed by atoms with Gasteiger partial charge in [-0.25, -0.2) is 0 Å². The molecule has 1 amide bonds. The number of methoxy groups -OCH3 is 2. The fraction of sp³-hybridized carbons (Fsp3) is 0.286. The highest BCUT2D eigenvalue weighted by Crippen LogP contribution is 2.54. The first-order chi connectivity index (χ1) is 21.8. The molecule has 3 aliphatic carbocycles. The molecule has 238 valence electrons. The van der Waals surface area contributed by atoms with E-state index in [0.717, 1.165) is 5.56 Å². The average Bonchev–Trinajstić information content (AvgIpc) is 3.03. The fourth-order valence-electron chi connectivity index (χ4n) is 7.34. The van der Waals surface area contributed by atoms with E-state index in [0.29, 0.717) is 33.8 Å². The van der Waals surface area contributed by atoms with Gasteiger partial charge in [-0.05, 0) is 85.4 Å². The summed E-state index contributed by atoms with van der Waals surface area (Å²) in [6, 6.07) is 14.9. The van der Waals surface area contributed by atoms with Crippen LogP contribution in [0.5, 0.6) is 17.2 Å². The van der Waals surface area contributed by atoms with E-state index >= 15 is 0 Å². The van der Waals surface area contributed by atoms with E-state index in [9.17, 15) is 34.8 Å². The molecule has 0 fully saturated rings. The van der Waals surface area contributed by atoms with Crippen molar-refractivity contribution in [3.05, 3.63) is 88.4 Å². The van der Waals surface area contributed by atoms with Crippen molar-refractivity contribution in [3.63, 3.8) is 0 Å². The van der Waals surface area contributed by atoms with Crippen molar-refractivity contribution in [3.8, 4) is 39.5 Å². The number of phenolic OH excluding ortho intramolecular Hbond substituents is 1. The molecule has 0 saturated heterocycles. The number of fused-ring (bicyclic) bond motifs is 3. The molecular weight excluding hydrogens is 592 g/mol. The predicted molar refractivity (Wildman–Crippen MR) is 168 cm³/mol. The second-order valence-corrected chi connectivity index (χ2v) is 12.1. The van der Waals surface area contributed by atoms with Crippen molar-refractivity contribution in [2.24, 2.45) is 17.6 Å². The second-order valence-electron chi connectivity index (χ2n) is 12.1. The summed E-state index contributed by atoms with van der Waals surface area (Å²) in [6.07, 6.45) is 0.154. The molecule has 0 saturated carbocycles. The quantitative estimate of drug-likeness (QED) is 0.254. The highest BCUT2D eigenvalue weighted by atomic mass is 16.5. The Balaban J connectivity index is 1.60. The van der Waals surface area contributed by atoms with Crippen molar-refractivity contribution in [1.82, 2.24) is 4.90 Å². The second kappa shape index (κ2) is 11.0. The SMILES string of the molecule is COc1ccc(-c2cc(-c3ccc(OC)cc3)c3c(c2O)C(=O)C2=C(O)[C@]4(O)C(=O)C(C(N)=O)=C(O)[C@@H](N(C)C)[C@@H]4C[C@@H]2C3)cc1. The average molecular weight is 627 g/mol. The molecule has 3 aromatic rings. The molecular formula is C35H34N2O9. The van der Waals surface area contributed by atoms with Crippen LogP contribution in [-0.2, 0) is 16.0 Å². The number of aliphatic hydroxyl groups is 3. The molecule has 4 atom stereocenters. The summed E-state index contributed by atoms with van der Waals surface area (Å²) in [6.45, 7) is 0. The zero-order valence-electron chi connectivity index (χ0n) is 25.7. The number of benzene rings is 3. The Morgan fingerprint density at radius 1 is 0.913 bits per heavy atom. The first-order valence-corrected chi connectivity index (χ1v) is 14.7. The molecule has 0 unspecified atom stereocenters. The number of aliphatic hydroxyl groups excluding tert-OH is 2. The molecule has 3 aliphatic rings. The molecule has 0 radical (unpaired) electrons. The topological polar surface area (TPSA) is 180 Å². The number of likely N-dealkylation sites (N-methyl/N-ethyl adjacent to an activating group) is 1. The lowest BCUT2D eigenvalue weighted by molar-refractivity contribution is -0.148. The number of primary amides is 1. The number of nitrogens with zero attached hydrogens (tertiary/aromatic N) is 1. The summed E-state index contributed by atoms with van der Waals surface area (Å²) in [5.74, 6) is -5.75. The largest absolute Gasteiger partial charge is 0.510 e. The summed E-state index contributed by atoms with van der Waals surface area (Å²) in [7, 11) is 6.27. The number of amides is 1. The molecule has 11 heteroatoms. The van der Waals surface area contributed by atoms with E-state index in [2.05, 4.69) is 0 Å². The third-order valence-electron chi connectivity index (χ3n) is 9.52. The molecule has 0 bridgehead atoms. The minimum atomic E-state index is -2.72. The normalized spacial score (nSPS) is 24.0. The zero-order chi connectivity index (χ0) is 33.2. The summed E-state index contributed by atoms with van der Waals surface area (Å²) < 4.78 is 10.6. The number of hydrogen-bond acceptors (Lipinski definition) is 10. The number of Topliss-reactive ketones (excluding diaryl/α,β-unsaturated/α-hetero) is 2. The van der Waals surface area contributed by atoms with E-state index in [1.807, 2.05) is 12.1 Å². The van der Waals surface area contributed by atoms with E-state index in [4.69, 9.17) is 15.2 Å². The summed E-state index contributed by atoms with van der Waals surface area (Å²) >= 11 is 0. The minimum absolute atomic E-state index is 0.00515. The van der Waals surface area contributed by atoms with Crippen LogP contribution < -0.4 is 15.2 Å². The summed E-state index contributed by atoms with van der Waals surface area (Å²) in [5.41, 5.74) is 4.46. The lowest BCUT2D eigenvalue weighted by atomic mass is 9.58. The van der Waals surface area contributed by atoms with Crippen LogP contribution in [0, 0.1) is 11.8 Å². The zero-order valence-corrected chi connectivity index (χ0v) is 25.7. The first-order valence-electron chi connectivity index (χ1n) is 14.7. The van der Waals surface area contributed by atoms with Gasteiger partial charge in [-0.15, -0.1) is 0 Å². The molecule has 3 aromatic carbocycles. The number of rotatable bonds is 6. The Bertz CT molecular complexity index is 1860. The van der Waals surface area contributed by atoms with E-state index in [1.165, 1.54) is 12.0 Å². The monoisotopic (exact) mass is 626 g/mol. The van der Waals surface area contributed by atoms with Crippen LogP contribution >= 0.6 is 0 Å². The fourth-order valence-corrected chi connectivity index (χ4v) is 7.34. The number of carbonyl (C=O) groups is 3. The third kappa shape index (κ3) is 4.38. The van der Waals surface area contributed by atoms with Crippen LogP contribution in [0.4, 0.5) is 0 Å². The van der Waals surface area contributed by atoms with Gasteiger partial charge < -0.3 is 35.6 Å². The maximum Gasteiger partial charge on any atom is 0.255 e. The number of ether oxygens (including phenoxy) is 2. The lowest BCUT2D eigenvalue weighted by Crippen LogP contribution is -2.63. The van der Waals surface area contributed by atoms with E-state index in [-0.39, 0.29) is 29.7 Å². The van der Waals surface area contributed by atoms with Crippen LogP contribution in [0.15, 0.2) is 77.3 Å². The van der Waals surface area contributed by atoms with Gasteiger partial charge in [0.25, 0.3) is 5.91 Å². The molecule has 11 nitrogen and oxygen atoms in total. The van der Waals surface area contributed by atoms with Gasteiger partial charge >= 0.3 is 0 Å². The smallest absolute Gasteiger partial charge is 0.255 e. The molecule has 6 N–H and O–H groups in total. The van der Waals surface area contributed by atoms with Crippen LogP contribution in [0.1, 0.15) is 22.3 Å². The Labute approximate surface area is 264 Å². The minimum Gasteiger partial charge on any atom is -0.510 e. The third-order valence-corrected chi connectivity index (χ3v) is 9.52. The molecule has 6 rings (SSSR count). The number of nitrogens with two attached hydrogens (primary N) is 1. The van der Waals surface area contributed by atoms with Crippen molar-refractivity contribution in [2.45, 2.75) is 24.5 Å². The van der Waals surface area contributed by atoms with Crippen LogP contribution in [0.3, 0.4) is 0 Å². The number of allylic oxidation sites excluding steroid dienone is 1. The van der Waals surface area contributed by atoms with E-state index in [1.54, 1.807) is 63.7 Å². The van der Waals surface area contributed by atoms with Gasteiger partial charge in [-0.1, -0.05) is 24.3 Å². The van der Waals surface area contributed by atoms with Crippen LogP contribution in [-0.4, -0.2) is 82.8 Å². The number of ketones is 2. The van der Waals surface area contributed by atoms with Gasteiger partial charge in [0, 0.05) is 17.1 Å². The van der Waals surface area contributed by atoms with Crippen molar-refractivity contribution < 1.29 is 44.3 Å². The molecule has 46 heavy (non-hydrogen) atoms. The summed E-state index contributed by atoms with van der Waals surface area (Å²) in [5, 5.41) is 46.4. The maximum atomic E-state index is 14.5. The lowest BCUT2D eigenvalue weighted by Gasteiger charge is -2.50. The van der Waals surface area contributed by atoms with Gasteiger partial charge in [-0.2, -0.15) is 0 Å². The van der Waals surface area contributed by atoms with Crippen molar-refractivity contribution >= 4 is 17.5 Å². The number of hydrogen-bond donors (Lipinski definition) is 5. The van der Waals surface area contributed by atoms with Gasteiger partial charge in [0.05, 0.1) is 25.8 Å². The highest BCUT2D eigenvalue weighted by molar-refractivity contribution is 6.25. The predicted octanol–water partition coefficient (Wildman–Crippen LogP) is 3.47. The molecule has 0 heterocycles. The van der Waals surface area contributed by atoms with Gasteiger partial charge in [-0.3, -0.25) is 19.3 Å². The highest BCUT2D eigenvalue weighted by Gasteiger charge is 2.63. The van der Waals surface area contributed by atoms with Crippen LogP contribution in [0.2, 0.25) is 0 Å². The van der Waals surface area contributed by atoms with Crippen molar-refractivity contribution in [1.29, 1.82) is 0 Å². The Hall–Kier alpha value is -5.13. The Morgan fingerprint density at radius 3 is 1.96 bits per heavy atom. The van der Waals surface area contributed by atoms with Gasteiger partial charge in [0.1, 0.15) is 34.3 Å². The number of aromatic hydroxyl groups is 1. The first kappa shape index (κ1) is 30.9. The van der Waals surface area contributed by atoms with Crippen LogP contribution in [0.25, 0.3) is 22.3 Å². The molecule has 0 aliphatic heterocycles. The molecule has 0 aromatic heterocycles. The van der Waals surface area contributed by atoms with E-state index < -0.39 is 58.0 Å². The molecule has 0 spiro atoms. The standard InChI is InChI=1S/C35H34N2O9/c1-37(2)28-24-14-18-13-23-21(16-5-9-19(45-3)10-6-16)15-22(17-7-11-20(46-4)12-8-17)29(38)26(23)30(39)25(18)32(41)35(24,44)33(42)27(31(28)40)34(36)43/h5-12,15,18,24,28,38,40-41,44H,13-14H2,1-4H3,(H2,36,43)/t18-,24-,28-,35-/m0/s1. The Morgan fingerprint density at radius 2 is 1.46 bits per heavy atom. The van der Waals surface area contributed by atoms with Crippen molar-refractivity contribution in [2.75, 3.05) is 28.3 Å².